The van der Waals surface area contributed by atoms with Crippen molar-refractivity contribution in [3.63, 3.8) is 0 Å². The second-order valence-electron chi connectivity index (χ2n) is 7.33. The monoisotopic (exact) mass is 404 g/mol. The first-order valence-electron chi connectivity index (χ1n) is 10.0. The minimum Gasteiger partial charge on any atom is -0.494 e. The Morgan fingerprint density at radius 2 is 1.67 bits per heavy atom. The number of methoxy groups -OCH3 is 1. The lowest BCUT2D eigenvalue weighted by atomic mass is 9.99. The Bertz CT molecular complexity index is 974. The average Bonchev–Trinajstić information content (AvgIpc) is 3.09. The lowest BCUT2D eigenvalue weighted by molar-refractivity contribution is -0.148. The first-order chi connectivity index (χ1) is 14.7. The van der Waals surface area contributed by atoms with Gasteiger partial charge >= 0.3 is 5.97 Å². The van der Waals surface area contributed by atoms with Gasteiger partial charge in [0, 0.05) is 43.0 Å². The Kier molecular flexibility index (Phi) is 6.05. The summed E-state index contributed by atoms with van der Waals surface area (Å²) in [4.78, 5) is 20.3. The highest BCUT2D eigenvalue weighted by molar-refractivity contribution is 5.75. The number of pyridine rings is 2. The zero-order valence-electron chi connectivity index (χ0n) is 16.8. The van der Waals surface area contributed by atoms with E-state index in [2.05, 4.69) is 22.1 Å². The van der Waals surface area contributed by atoms with E-state index in [9.17, 15) is 4.79 Å². The summed E-state index contributed by atoms with van der Waals surface area (Å²) in [6.07, 6.45) is 4.97. The zero-order chi connectivity index (χ0) is 20.9. The number of aromatic nitrogens is 2. The molecule has 4 rings (SSSR count). The van der Waals surface area contributed by atoms with Crippen LogP contribution in [0.3, 0.4) is 0 Å². The summed E-state index contributed by atoms with van der Waals surface area (Å²) in [5.74, 6) is 0.00810. The second kappa shape index (κ2) is 9.05. The zero-order valence-corrected chi connectivity index (χ0v) is 16.8. The number of benzene rings is 1. The molecule has 3 aromatic rings. The number of hydrogen-bond donors (Lipinski definition) is 1. The summed E-state index contributed by atoms with van der Waals surface area (Å²) < 4.78 is 10.9. The average molecular weight is 404 g/mol. The Morgan fingerprint density at radius 1 is 1.03 bits per heavy atom. The maximum absolute atomic E-state index is 11.1. The fraction of sp³-hybridized carbons (Fsp3) is 0.292. The molecule has 2 aromatic heterocycles. The van der Waals surface area contributed by atoms with Crippen LogP contribution in [0.5, 0.6) is 5.75 Å². The Balaban J connectivity index is 1.32. The lowest BCUT2D eigenvalue weighted by Crippen LogP contribution is -2.24. The van der Waals surface area contributed by atoms with E-state index in [4.69, 9.17) is 14.6 Å². The van der Waals surface area contributed by atoms with Crippen LogP contribution in [0.25, 0.3) is 11.1 Å². The van der Waals surface area contributed by atoms with Gasteiger partial charge in [0.05, 0.1) is 18.0 Å². The van der Waals surface area contributed by atoms with E-state index in [1.807, 2.05) is 48.8 Å². The summed E-state index contributed by atoms with van der Waals surface area (Å²) in [5, 5.41) is 9.09. The van der Waals surface area contributed by atoms with Crippen LogP contribution in [-0.2, 0) is 16.0 Å². The van der Waals surface area contributed by atoms with Crippen molar-refractivity contribution in [1.82, 2.24) is 9.97 Å². The van der Waals surface area contributed by atoms with Gasteiger partial charge in [-0.1, -0.05) is 24.3 Å². The van der Waals surface area contributed by atoms with Crippen LogP contribution in [0, 0.1) is 0 Å². The van der Waals surface area contributed by atoms with Crippen LogP contribution in [0.1, 0.15) is 35.7 Å². The van der Waals surface area contributed by atoms with Crippen molar-refractivity contribution in [2.75, 3.05) is 13.7 Å². The molecule has 30 heavy (non-hydrogen) atoms. The Hall–Kier alpha value is -3.25. The molecule has 0 fully saturated rings. The van der Waals surface area contributed by atoms with Crippen LogP contribution >= 0.6 is 0 Å². The smallest absolute Gasteiger partial charge is 0.333 e. The van der Waals surface area contributed by atoms with Crippen LogP contribution in [0.2, 0.25) is 0 Å². The normalized spacial score (nSPS) is 13.5. The third-order valence-corrected chi connectivity index (χ3v) is 5.44. The Morgan fingerprint density at radius 3 is 2.23 bits per heavy atom. The molecule has 2 heterocycles. The molecule has 0 saturated carbocycles. The summed E-state index contributed by atoms with van der Waals surface area (Å²) >= 11 is 0. The third-order valence-electron chi connectivity index (χ3n) is 5.44. The van der Waals surface area contributed by atoms with Crippen molar-refractivity contribution in [2.24, 2.45) is 0 Å². The van der Waals surface area contributed by atoms with Gasteiger partial charge in [-0.15, -0.1) is 0 Å². The van der Waals surface area contributed by atoms with Crippen molar-refractivity contribution in [3.05, 3.63) is 77.9 Å². The van der Waals surface area contributed by atoms with Gasteiger partial charge in [-0.05, 0) is 42.7 Å². The van der Waals surface area contributed by atoms with E-state index in [1.165, 1.54) is 18.2 Å². The number of carboxylic acid groups (broad SMARTS) is 1. The van der Waals surface area contributed by atoms with E-state index < -0.39 is 12.1 Å². The van der Waals surface area contributed by atoms with Crippen LogP contribution in [0.15, 0.2) is 60.9 Å². The van der Waals surface area contributed by atoms with E-state index >= 15 is 0 Å². The number of ether oxygens (including phenoxy) is 2. The maximum Gasteiger partial charge on any atom is 0.333 e. The minimum absolute atomic E-state index is 0.199. The molecule has 0 spiro atoms. The van der Waals surface area contributed by atoms with Gasteiger partial charge in [0.25, 0.3) is 0 Å². The lowest BCUT2D eigenvalue weighted by Gasteiger charge is -2.13. The minimum atomic E-state index is -0.961. The van der Waals surface area contributed by atoms with E-state index in [0.717, 1.165) is 35.5 Å². The predicted molar refractivity (Wildman–Crippen MR) is 113 cm³/mol. The predicted octanol–water partition coefficient (Wildman–Crippen LogP) is 4.09. The van der Waals surface area contributed by atoms with E-state index in [-0.39, 0.29) is 5.92 Å². The molecule has 6 nitrogen and oxygen atoms in total. The van der Waals surface area contributed by atoms with Gasteiger partial charge in [0.1, 0.15) is 5.75 Å². The number of rotatable bonds is 9. The molecule has 1 unspecified atom stereocenters. The molecule has 1 aliphatic carbocycles. The highest BCUT2D eigenvalue weighted by atomic mass is 16.5. The van der Waals surface area contributed by atoms with Gasteiger partial charge in [-0.3, -0.25) is 9.97 Å². The van der Waals surface area contributed by atoms with Gasteiger partial charge in [0.2, 0.25) is 0 Å². The maximum atomic E-state index is 11.1. The van der Waals surface area contributed by atoms with Crippen LogP contribution < -0.4 is 4.74 Å². The molecule has 0 aliphatic heterocycles. The SMILES string of the molecule is COC(Cc1ccc(OCCCC2c3ncccc3-c3cccnc32)cc1)C(=O)O. The molecule has 0 saturated heterocycles. The largest absolute Gasteiger partial charge is 0.494 e. The molecule has 6 heteroatoms. The van der Waals surface area contributed by atoms with E-state index in [1.54, 1.807) is 0 Å². The molecule has 0 radical (unpaired) electrons. The van der Waals surface area contributed by atoms with Crippen molar-refractivity contribution in [3.8, 4) is 16.9 Å². The molecule has 1 aromatic carbocycles. The molecule has 154 valence electrons. The molecule has 1 aliphatic rings. The topological polar surface area (TPSA) is 81.5 Å². The van der Waals surface area contributed by atoms with Gasteiger partial charge in [-0.25, -0.2) is 4.79 Å². The number of carboxylic acids is 1. The van der Waals surface area contributed by atoms with Crippen LogP contribution in [-0.4, -0.2) is 40.9 Å². The number of aliphatic carboxylic acids is 1. The standard InChI is InChI=1S/C24H24N2O4/c1-29-21(24(27)28)15-16-8-10-17(11-9-16)30-14-4-7-20-22-18(5-2-12-25-22)19-6-3-13-26-23(19)20/h2-3,5-6,8-13,20-21H,4,7,14-15H2,1H3,(H,27,28). The first-order valence-corrected chi connectivity index (χ1v) is 10.0. The van der Waals surface area contributed by atoms with E-state index in [0.29, 0.717) is 13.0 Å². The molecule has 1 N–H and O–H groups in total. The fourth-order valence-electron chi connectivity index (χ4n) is 3.93. The third kappa shape index (κ3) is 4.19. The van der Waals surface area contributed by atoms with Gasteiger partial charge in [-0.2, -0.15) is 0 Å². The second-order valence-corrected chi connectivity index (χ2v) is 7.33. The summed E-state index contributed by atoms with van der Waals surface area (Å²) in [6.45, 7) is 0.593. The first kappa shape index (κ1) is 20.0. The van der Waals surface area contributed by atoms with Gasteiger partial charge < -0.3 is 14.6 Å². The Labute approximate surface area is 175 Å². The number of hydrogen-bond acceptors (Lipinski definition) is 5. The number of carbonyl (C=O) groups is 1. The summed E-state index contributed by atoms with van der Waals surface area (Å²) in [7, 11) is 1.41. The van der Waals surface area contributed by atoms with Crippen molar-refractivity contribution >= 4 is 5.97 Å². The quantitative estimate of drug-likeness (QED) is 0.541. The number of nitrogens with zero attached hydrogens (tertiary/aromatic N) is 2. The molecular weight excluding hydrogens is 380 g/mol. The highest BCUT2D eigenvalue weighted by Gasteiger charge is 2.30. The molecular formula is C24H24N2O4. The molecule has 1 atom stereocenters. The highest BCUT2D eigenvalue weighted by Crippen LogP contribution is 2.44. The van der Waals surface area contributed by atoms with Crippen molar-refractivity contribution < 1.29 is 19.4 Å². The molecule has 0 bridgehead atoms. The fourth-order valence-corrected chi connectivity index (χ4v) is 3.93. The summed E-state index contributed by atoms with van der Waals surface area (Å²) in [5.41, 5.74) is 5.45. The van der Waals surface area contributed by atoms with Gasteiger partial charge in [0.15, 0.2) is 6.10 Å². The summed E-state index contributed by atoms with van der Waals surface area (Å²) in [6, 6.07) is 15.6. The van der Waals surface area contributed by atoms with Crippen LogP contribution in [0.4, 0.5) is 0 Å². The molecule has 0 amide bonds. The number of fused-ring (bicyclic) bond motifs is 3. The van der Waals surface area contributed by atoms with Crippen molar-refractivity contribution in [1.29, 1.82) is 0 Å². The van der Waals surface area contributed by atoms with Crippen molar-refractivity contribution in [2.45, 2.75) is 31.3 Å².